The van der Waals surface area contributed by atoms with E-state index in [0.717, 1.165) is 0 Å². The van der Waals surface area contributed by atoms with Crippen molar-refractivity contribution in [3.8, 4) is 11.8 Å². The number of benzene rings is 2. The van der Waals surface area contributed by atoms with E-state index in [2.05, 4.69) is 5.32 Å². The predicted octanol–water partition coefficient (Wildman–Crippen LogP) is 3.14. The number of hydrogen-bond acceptors (Lipinski definition) is 5. The minimum Gasteiger partial charge on any atom is -0.482 e. The van der Waals surface area contributed by atoms with E-state index in [1.807, 2.05) is 6.07 Å². The lowest BCUT2D eigenvalue weighted by Crippen LogP contribution is -2.20. The van der Waals surface area contributed by atoms with E-state index >= 15 is 0 Å². The van der Waals surface area contributed by atoms with E-state index in [1.54, 1.807) is 0 Å². The Morgan fingerprint density at radius 2 is 2.00 bits per heavy atom. The zero-order valence-corrected chi connectivity index (χ0v) is 12.4. The smallest absolute Gasteiger partial charge is 0.269 e. The van der Waals surface area contributed by atoms with Gasteiger partial charge < -0.3 is 10.1 Å². The van der Waals surface area contributed by atoms with Gasteiger partial charge in [0.25, 0.3) is 11.6 Å². The van der Waals surface area contributed by atoms with Gasteiger partial charge in [-0.2, -0.15) is 5.26 Å². The molecule has 2 rings (SSSR count). The number of nitro groups is 1. The number of hydrogen-bond donors (Lipinski definition) is 1. The highest BCUT2D eigenvalue weighted by Gasteiger charge is 2.09. The van der Waals surface area contributed by atoms with Gasteiger partial charge in [0.1, 0.15) is 5.75 Å². The standard InChI is InChI=1S/C15H10ClN3O4/c16-13-7-10(8-17)1-6-14(13)23-9-15(20)18-11-2-4-12(5-3-11)19(21)22/h1-7H,9H2,(H,18,20). The summed E-state index contributed by atoms with van der Waals surface area (Å²) in [5, 5.41) is 22.0. The minimum atomic E-state index is -0.526. The quantitative estimate of drug-likeness (QED) is 0.669. The lowest BCUT2D eigenvalue weighted by atomic mass is 10.2. The molecule has 23 heavy (non-hydrogen) atoms. The Balaban J connectivity index is 1.92. The lowest BCUT2D eigenvalue weighted by molar-refractivity contribution is -0.384. The first-order valence-corrected chi connectivity index (χ1v) is 6.74. The van der Waals surface area contributed by atoms with Crippen molar-refractivity contribution in [2.75, 3.05) is 11.9 Å². The lowest BCUT2D eigenvalue weighted by Gasteiger charge is -2.09. The van der Waals surface area contributed by atoms with Gasteiger partial charge in [0.2, 0.25) is 0 Å². The maximum atomic E-state index is 11.8. The normalized spacial score (nSPS) is 9.74. The average molecular weight is 332 g/mol. The van der Waals surface area contributed by atoms with Crippen LogP contribution in [-0.4, -0.2) is 17.4 Å². The monoisotopic (exact) mass is 331 g/mol. The van der Waals surface area contributed by atoms with Gasteiger partial charge in [0, 0.05) is 17.8 Å². The molecule has 0 radical (unpaired) electrons. The van der Waals surface area contributed by atoms with Crippen LogP contribution < -0.4 is 10.1 Å². The Hall–Kier alpha value is -3.11. The summed E-state index contributed by atoms with van der Waals surface area (Å²) in [6.45, 7) is -0.289. The van der Waals surface area contributed by atoms with Gasteiger partial charge in [-0.25, -0.2) is 0 Å². The third kappa shape index (κ3) is 4.43. The Labute approximate surface area is 136 Å². The Morgan fingerprint density at radius 3 is 2.57 bits per heavy atom. The average Bonchev–Trinajstić information content (AvgIpc) is 2.54. The molecule has 0 aromatic heterocycles. The molecule has 0 atom stereocenters. The van der Waals surface area contributed by atoms with Crippen LogP contribution in [0.5, 0.6) is 5.75 Å². The van der Waals surface area contributed by atoms with Gasteiger partial charge in [-0.15, -0.1) is 0 Å². The molecule has 2 aromatic carbocycles. The van der Waals surface area contributed by atoms with Crippen LogP contribution in [0.15, 0.2) is 42.5 Å². The molecule has 0 saturated carbocycles. The summed E-state index contributed by atoms with van der Waals surface area (Å²) in [5.74, 6) is -0.163. The Morgan fingerprint density at radius 1 is 1.30 bits per heavy atom. The molecule has 0 heterocycles. The van der Waals surface area contributed by atoms with Crippen LogP contribution in [0.1, 0.15) is 5.56 Å². The molecule has 7 nitrogen and oxygen atoms in total. The highest BCUT2D eigenvalue weighted by atomic mass is 35.5. The highest BCUT2D eigenvalue weighted by molar-refractivity contribution is 6.32. The molecule has 8 heteroatoms. The first kappa shape index (κ1) is 16.3. The maximum absolute atomic E-state index is 11.8. The molecule has 0 aliphatic rings. The number of non-ortho nitro benzene ring substituents is 1. The van der Waals surface area contributed by atoms with Gasteiger partial charge in [-0.1, -0.05) is 11.6 Å². The van der Waals surface area contributed by atoms with E-state index in [0.29, 0.717) is 11.3 Å². The summed E-state index contributed by atoms with van der Waals surface area (Å²) in [7, 11) is 0. The molecule has 0 fully saturated rings. The molecule has 1 amide bonds. The molecule has 0 saturated heterocycles. The fourth-order valence-corrected chi connectivity index (χ4v) is 1.93. The van der Waals surface area contributed by atoms with E-state index in [4.69, 9.17) is 21.6 Å². The van der Waals surface area contributed by atoms with Crippen molar-refractivity contribution in [1.82, 2.24) is 0 Å². The zero-order valence-electron chi connectivity index (χ0n) is 11.7. The van der Waals surface area contributed by atoms with Gasteiger partial charge in [0.15, 0.2) is 6.61 Å². The van der Waals surface area contributed by atoms with Gasteiger partial charge in [-0.05, 0) is 30.3 Å². The Kier molecular flexibility index (Phi) is 5.12. The van der Waals surface area contributed by atoms with Crippen molar-refractivity contribution >= 4 is 28.9 Å². The molecule has 0 unspecified atom stereocenters. The van der Waals surface area contributed by atoms with E-state index < -0.39 is 10.8 Å². The van der Waals surface area contributed by atoms with Crippen molar-refractivity contribution < 1.29 is 14.5 Å². The summed E-state index contributed by atoms with van der Waals surface area (Å²) in [4.78, 5) is 21.8. The second-order valence-corrected chi connectivity index (χ2v) is 4.81. The van der Waals surface area contributed by atoms with Gasteiger partial charge in [0.05, 0.1) is 21.6 Å². The minimum absolute atomic E-state index is 0.0661. The summed E-state index contributed by atoms with van der Waals surface area (Å²) in [5.41, 5.74) is 0.733. The molecule has 2 aromatic rings. The van der Waals surface area contributed by atoms with Gasteiger partial charge >= 0.3 is 0 Å². The number of amides is 1. The number of carbonyl (C=O) groups is 1. The third-order valence-corrected chi connectivity index (χ3v) is 3.08. The van der Waals surface area contributed by atoms with E-state index in [9.17, 15) is 14.9 Å². The van der Waals surface area contributed by atoms with Crippen molar-refractivity contribution in [3.05, 3.63) is 63.2 Å². The number of anilines is 1. The van der Waals surface area contributed by atoms with Crippen LogP contribution in [0.3, 0.4) is 0 Å². The maximum Gasteiger partial charge on any atom is 0.269 e. The van der Waals surface area contributed by atoms with Crippen molar-refractivity contribution in [2.45, 2.75) is 0 Å². The second kappa shape index (κ2) is 7.24. The molecule has 0 aliphatic heterocycles. The van der Waals surface area contributed by atoms with E-state index in [-0.39, 0.29) is 23.1 Å². The molecule has 116 valence electrons. The van der Waals surface area contributed by atoms with Crippen LogP contribution in [0.4, 0.5) is 11.4 Å². The van der Waals surface area contributed by atoms with Crippen molar-refractivity contribution in [2.24, 2.45) is 0 Å². The molecular weight excluding hydrogens is 322 g/mol. The number of carbonyl (C=O) groups excluding carboxylic acids is 1. The summed E-state index contributed by atoms with van der Waals surface area (Å²) >= 11 is 5.93. The summed E-state index contributed by atoms with van der Waals surface area (Å²) < 4.78 is 5.27. The highest BCUT2D eigenvalue weighted by Crippen LogP contribution is 2.25. The number of nitriles is 1. The Bertz CT molecular complexity index is 784. The number of nitrogens with zero attached hydrogens (tertiary/aromatic N) is 2. The van der Waals surface area contributed by atoms with Crippen LogP contribution in [-0.2, 0) is 4.79 Å². The summed E-state index contributed by atoms with van der Waals surface area (Å²) in [6, 6.07) is 11.8. The molecule has 1 N–H and O–H groups in total. The summed E-state index contributed by atoms with van der Waals surface area (Å²) in [6.07, 6.45) is 0. The topological polar surface area (TPSA) is 105 Å². The predicted molar refractivity (Wildman–Crippen MR) is 83.4 cm³/mol. The van der Waals surface area contributed by atoms with Crippen LogP contribution in [0.2, 0.25) is 5.02 Å². The van der Waals surface area contributed by atoms with Crippen LogP contribution >= 0.6 is 11.6 Å². The molecule has 0 spiro atoms. The van der Waals surface area contributed by atoms with E-state index in [1.165, 1.54) is 42.5 Å². The largest absolute Gasteiger partial charge is 0.482 e. The third-order valence-electron chi connectivity index (χ3n) is 2.78. The van der Waals surface area contributed by atoms with Crippen LogP contribution in [0.25, 0.3) is 0 Å². The fourth-order valence-electron chi connectivity index (χ4n) is 1.69. The number of rotatable bonds is 5. The van der Waals surface area contributed by atoms with Crippen molar-refractivity contribution in [1.29, 1.82) is 5.26 Å². The number of ether oxygens (including phenoxy) is 1. The number of nitrogens with one attached hydrogen (secondary N) is 1. The number of halogens is 1. The van der Waals surface area contributed by atoms with Gasteiger partial charge in [-0.3, -0.25) is 14.9 Å². The molecular formula is C15H10ClN3O4. The molecule has 0 bridgehead atoms. The van der Waals surface area contributed by atoms with Crippen molar-refractivity contribution in [3.63, 3.8) is 0 Å². The molecule has 0 aliphatic carbocycles. The second-order valence-electron chi connectivity index (χ2n) is 4.40. The first-order chi connectivity index (χ1) is 11.0. The van der Waals surface area contributed by atoms with Crippen LogP contribution in [0, 0.1) is 21.4 Å². The number of nitro benzene ring substituents is 1. The SMILES string of the molecule is N#Cc1ccc(OCC(=O)Nc2ccc([N+](=O)[O-])cc2)c(Cl)c1. The first-order valence-electron chi connectivity index (χ1n) is 6.36. The fraction of sp³-hybridized carbons (Fsp3) is 0.0667. The zero-order chi connectivity index (χ0) is 16.8.